The van der Waals surface area contributed by atoms with E-state index in [9.17, 15) is 8.42 Å². The van der Waals surface area contributed by atoms with Crippen molar-refractivity contribution >= 4 is 50.5 Å². The molecule has 0 radical (unpaired) electrons. The Morgan fingerprint density at radius 2 is 1.62 bits per heavy atom. The lowest BCUT2D eigenvalue weighted by Gasteiger charge is -2.13. The molecule has 0 heterocycles. The molecule has 0 aromatic heterocycles. The van der Waals surface area contributed by atoms with Crippen molar-refractivity contribution in [3.05, 3.63) is 57.0 Å². The summed E-state index contributed by atoms with van der Waals surface area (Å²) in [6.45, 7) is -0.299. The molecule has 0 atom stereocenters. The Labute approximate surface area is 137 Å². The number of para-hydroxylation sites is 1. The van der Waals surface area contributed by atoms with E-state index >= 15 is 0 Å². The van der Waals surface area contributed by atoms with E-state index in [-0.39, 0.29) is 32.3 Å². The van der Waals surface area contributed by atoms with E-state index in [1.165, 1.54) is 30.3 Å². The molecule has 2 rings (SSSR count). The highest BCUT2D eigenvalue weighted by Crippen LogP contribution is 2.33. The van der Waals surface area contributed by atoms with E-state index in [1.54, 1.807) is 6.07 Å². The average Bonchev–Trinajstić information content (AvgIpc) is 2.43. The molecule has 0 amide bonds. The summed E-state index contributed by atoms with van der Waals surface area (Å²) in [5, 5.41) is 9.46. The molecule has 112 valence electrons. The van der Waals surface area contributed by atoms with Crippen LogP contribution in [0.3, 0.4) is 0 Å². The van der Waals surface area contributed by atoms with Crippen LogP contribution in [0.4, 0.5) is 5.69 Å². The molecule has 4 nitrogen and oxygen atoms in total. The highest BCUT2D eigenvalue weighted by atomic mass is 35.5. The summed E-state index contributed by atoms with van der Waals surface area (Å²) in [7, 11) is -3.98. The van der Waals surface area contributed by atoms with E-state index < -0.39 is 10.0 Å². The summed E-state index contributed by atoms with van der Waals surface area (Å²) in [6.07, 6.45) is 0. The Morgan fingerprint density at radius 3 is 2.19 bits per heavy atom. The molecule has 0 saturated heterocycles. The number of nitrogens with one attached hydrogen (secondary N) is 1. The van der Waals surface area contributed by atoms with Gasteiger partial charge in [0.25, 0.3) is 10.0 Å². The molecule has 0 unspecified atom stereocenters. The van der Waals surface area contributed by atoms with Gasteiger partial charge in [-0.3, -0.25) is 4.72 Å². The van der Waals surface area contributed by atoms with E-state index in [0.717, 1.165) is 0 Å². The topological polar surface area (TPSA) is 66.4 Å². The number of hydrogen-bond acceptors (Lipinski definition) is 3. The average molecular weight is 367 g/mol. The van der Waals surface area contributed by atoms with Crippen molar-refractivity contribution in [2.24, 2.45) is 0 Å². The van der Waals surface area contributed by atoms with Crippen molar-refractivity contribution in [1.29, 1.82) is 0 Å². The molecule has 0 saturated carbocycles. The van der Waals surface area contributed by atoms with Gasteiger partial charge in [0.05, 0.1) is 27.4 Å². The Kier molecular flexibility index (Phi) is 5.01. The van der Waals surface area contributed by atoms with Gasteiger partial charge in [0.2, 0.25) is 0 Å². The largest absolute Gasteiger partial charge is 0.392 e. The molecule has 21 heavy (non-hydrogen) atoms. The van der Waals surface area contributed by atoms with Gasteiger partial charge in [-0.05, 0) is 29.8 Å². The lowest BCUT2D eigenvalue weighted by Crippen LogP contribution is -2.14. The second-order valence-electron chi connectivity index (χ2n) is 4.13. The molecule has 0 aliphatic rings. The maximum absolute atomic E-state index is 12.4. The molecule has 2 aromatic rings. The minimum atomic E-state index is -3.98. The number of aliphatic hydroxyl groups is 1. The Hall–Kier alpha value is -0.980. The van der Waals surface area contributed by atoms with Gasteiger partial charge >= 0.3 is 0 Å². The number of sulfonamides is 1. The first-order valence-electron chi connectivity index (χ1n) is 5.71. The predicted octanol–water partition coefficient (Wildman–Crippen LogP) is 3.94. The van der Waals surface area contributed by atoms with Gasteiger partial charge < -0.3 is 5.11 Å². The number of benzene rings is 2. The quantitative estimate of drug-likeness (QED) is 0.861. The second kappa shape index (κ2) is 6.42. The fourth-order valence-corrected chi connectivity index (χ4v) is 3.89. The van der Waals surface area contributed by atoms with Crippen LogP contribution in [0.15, 0.2) is 41.3 Å². The maximum atomic E-state index is 12.4. The number of aliphatic hydroxyl groups excluding tert-OH is 1. The Morgan fingerprint density at radius 1 is 1.00 bits per heavy atom. The number of rotatable bonds is 4. The van der Waals surface area contributed by atoms with Crippen LogP contribution in [-0.4, -0.2) is 13.5 Å². The Balaban J connectivity index is 2.48. The van der Waals surface area contributed by atoms with E-state index in [0.29, 0.717) is 5.56 Å². The van der Waals surface area contributed by atoms with Crippen molar-refractivity contribution in [3.8, 4) is 0 Å². The van der Waals surface area contributed by atoms with Gasteiger partial charge in [0.1, 0.15) is 4.90 Å². The van der Waals surface area contributed by atoms with Crippen molar-refractivity contribution < 1.29 is 13.5 Å². The second-order valence-corrected chi connectivity index (χ2v) is 7.00. The first-order valence-corrected chi connectivity index (χ1v) is 8.33. The van der Waals surface area contributed by atoms with Crippen LogP contribution in [0, 0.1) is 0 Å². The SMILES string of the molecule is O=S(=O)(Nc1c(Cl)cccc1Cl)c1cc(CO)ccc1Cl. The van der Waals surface area contributed by atoms with Gasteiger partial charge in [-0.2, -0.15) is 0 Å². The van der Waals surface area contributed by atoms with Crippen LogP contribution in [0.2, 0.25) is 15.1 Å². The zero-order valence-corrected chi connectivity index (χ0v) is 13.6. The highest BCUT2D eigenvalue weighted by Gasteiger charge is 2.21. The molecular weight excluding hydrogens is 357 g/mol. The molecule has 2 N–H and O–H groups in total. The molecule has 0 aliphatic carbocycles. The number of hydrogen-bond donors (Lipinski definition) is 2. The zero-order valence-electron chi connectivity index (χ0n) is 10.5. The summed E-state index contributed by atoms with van der Waals surface area (Å²) in [5.41, 5.74) is 0.497. The third kappa shape index (κ3) is 3.62. The van der Waals surface area contributed by atoms with Gasteiger partial charge in [0, 0.05) is 0 Å². The lowest BCUT2D eigenvalue weighted by molar-refractivity contribution is 0.281. The van der Waals surface area contributed by atoms with Crippen LogP contribution in [0.1, 0.15) is 5.56 Å². The molecular formula is C13H10Cl3NO3S. The first kappa shape index (κ1) is 16.4. The number of halogens is 3. The molecule has 2 aromatic carbocycles. The fourth-order valence-electron chi connectivity index (χ4n) is 1.64. The third-order valence-corrected chi connectivity index (χ3v) is 5.13. The highest BCUT2D eigenvalue weighted by molar-refractivity contribution is 7.92. The van der Waals surface area contributed by atoms with Crippen LogP contribution < -0.4 is 4.72 Å². The van der Waals surface area contributed by atoms with E-state index in [4.69, 9.17) is 39.9 Å². The summed E-state index contributed by atoms with van der Waals surface area (Å²) in [5.74, 6) is 0. The summed E-state index contributed by atoms with van der Waals surface area (Å²) < 4.78 is 27.1. The maximum Gasteiger partial charge on any atom is 0.263 e. The van der Waals surface area contributed by atoms with Gasteiger partial charge in [-0.1, -0.05) is 46.9 Å². The van der Waals surface area contributed by atoms with Gasteiger partial charge in [-0.15, -0.1) is 0 Å². The van der Waals surface area contributed by atoms with Crippen LogP contribution >= 0.6 is 34.8 Å². The van der Waals surface area contributed by atoms with Gasteiger partial charge in [0.15, 0.2) is 0 Å². The normalized spacial score (nSPS) is 11.4. The zero-order chi connectivity index (χ0) is 15.6. The summed E-state index contributed by atoms with van der Waals surface area (Å²) in [6, 6.07) is 8.84. The monoisotopic (exact) mass is 365 g/mol. The van der Waals surface area contributed by atoms with Crippen molar-refractivity contribution in [2.45, 2.75) is 11.5 Å². The van der Waals surface area contributed by atoms with Crippen LogP contribution in [0.5, 0.6) is 0 Å². The molecule has 0 spiro atoms. The third-order valence-electron chi connectivity index (χ3n) is 2.67. The molecule has 0 aliphatic heterocycles. The smallest absolute Gasteiger partial charge is 0.263 e. The van der Waals surface area contributed by atoms with Crippen LogP contribution in [0.25, 0.3) is 0 Å². The van der Waals surface area contributed by atoms with Crippen molar-refractivity contribution in [1.82, 2.24) is 0 Å². The van der Waals surface area contributed by atoms with Crippen molar-refractivity contribution in [3.63, 3.8) is 0 Å². The Bertz CT molecular complexity index is 758. The molecule has 0 fully saturated rings. The molecule has 8 heteroatoms. The standard InChI is InChI=1S/C13H10Cl3NO3S/c14-9-5-4-8(7-18)6-12(9)21(19,20)17-13-10(15)2-1-3-11(13)16/h1-6,17-18H,7H2. The predicted molar refractivity (Wildman–Crippen MR) is 84.6 cm³/mol. The van der Waals surface area contributed by atoms with Gasteiger partial charge in [-0.25, -0.2) is 8.42 Å². The van der Waals surface area contributed by atoms with Crippen molar-refractivity contribution in [2.75, 3.05) is 4.72 Å². The van der Waals surface area contributed by atoms with E-state index in [2.05, 4.69) is 4.72 Å². The number of anilines is 1. The molecule has 0 bridgehead atoms. The minimum Gasteiger partial charge on any atom is -0.392 e. The minimum absolute atomic E-state index is 0.0304. The first-order chi connectivity index (χ1) is 9.85. The summed E-state index contributed by atoms with van der Waals surface area (Å²) in [4.78, 5) is -0.160. The lowest BCUT2D eigenvalue weighted by atomic mass is 10.2. The van der Waals surface area contributed by atoms with Crippen LogP contribution in [-0.2, 0) is 16.6 Å². The fraction of sp³-hybridized carbons (Fsp3) is 0.0769. The van der Waals surface area contributed by atoms with E-state index in [1.807, 2.05) is 0 Å². The summed E-state index contributed by atoms with van der Waals surface area (Å²) >= 11 is 17.8.